The minimum Gasteiger partial charge on any atom is -0.481 e. The highest BCUT2D eigenvalue weighted by Gasteiger charge is 2.36. The van der Waals surface area contributed by atoms with Crippen molar-refractivity contribution in [2.45, 2.75) is 31.8 Å². The van der Waals surface area contributed by atoms with Crippen LogP contribution in [0.25, 0.3) is 0 Å². The van der Waals surface area contributed by atoms with Crippen molar-refractivity contribution in [1.29, 1.82) is 5.41 Å². The van der Waals surface area contributed by atoms with E-state index in [4.69, 9.17) is 14.9 Å². The molecule has 5 heteroatoms. The van der Waals surface area contributed by atoms with Gasteiger partial charge in [-0.3, -0.25) is 15.1 Å². The molecule has 0 aromatic heterocycles. The van der Waals surface area contributed by atoms with Crippen LogP contribution in [0.1, 0.15) is 36.9 Å². The van der Waals surface area contributed by atoms with Crippen molar-refractivity contribution in [3.63, 3.8) is 0 Å². The van der Waals surface area contributed by atoms with Crippen LogP contribution in [0.2, 0.25) is 0 Å². The number of ether oxygens (including phenoxy) is 2. The summed E-state index contributed by atoms with van der Waals surface area (Å²) < 4.78 is 10.4. The second-order valence-electron chi connectivity index (χ2n) is 6.62. The van der Waals surface area contributed by atoms with Gasteiger partial charge in [0.1, 0.15) is 13.0 Å². The number of carbonyl (C=O) groups excluding carboxylic acids is 1. The summed E-state index contributed by atoms with van der Waals surface area (Å²) in [5.74, 6) is -0.448. The molecular weight excluding hydrogens is 340 g/mol. The van der Waals surface area contributed by atoms with Crippen LogP contribution in [0.3, 0.4) is 0 Å². The van der Waals surface area contributed by atoms with Crippen LogP contribution in [0.15, 0.2) is 60.7 Å². The summed E-state index contributed by atoms with van der Waals surface area (Å²) in [4.78, 5) is 14.3. The number of nitrogens with one attached hydrogen (secondary N) is 1. The predicted molar refractivity (Wildman–Crippen MR) is 105 cm³/mol. The van der Waals surface area contributed by atoms with E-state index in [1.807, 2.05) is 12.1 Å². The van der Waals surface area contributed by atoms with Gasteiger partial charge in [0.25, 0.3) is 0 Å². The Hall–Kier alpha value is -2.66. The molecule has 1 aliphatic rings. The van der Waals surface area contributed by atoms with Crippen molar-refractivity contribution >= 4 is 11.9 Å². The molecule has 142 valence electrons. The molecule has 0 spiro atoms. The zero-order valence-corrected chi connectivity index (χ0v) is 15.6. The average molecular weight is 366 g/mol. The van der Waals surface area contributed by atoms with Crippen molar-refractivity contribution in [3.05, 3.63) is 71.8 Å². The first kappa shape index (κ1) is 19.1. The molecule has 0 bridgehead atoms. The third-order valence-corrected chi connectivity index (χ3v) is 4.81. The lowest BCUT2D eigenvalue weighted by Crippen LogP contribution is -2.52. The van der Waals surface area contributed by atoms with Crippen LogP contribution < -0.4 is 0 Å². The molecule has 0 aliphatic carbocycles. The molecule has 0 amide bonds. The summed E-state index contributed by atoms with van der Waals surface area (Å²) in [5, 5.41) is 7.56. The molecule has 1 aliphatic heterocycles. The van der Waals surface area contributed by atoms with Gasteiger partial charge in [-0.05, 0) is 24.5 Å². The number of nitrogens with zero attached hydrogens (tertiary/aromatic N) is 1. The summed E-state index contributed by atoms with van der Waals surface area (Å²) in [6, 6.07) is 21.2. The second kappa shape index (κ2) is 9.33. The molecular formula is C22H26N2O3. The van der Waals surface area contributed by atoms with Gasteiger partial charge in [0, 0.05) is 12.6 Å². The monoisotopic (exact) mass is 366 g/mol. The SMILES string of the molecule is CCOC(=N)CC(=O)OCC1CCN1C(c1ccccc1)c1ccccc1. The fourth-order valence-corrected chi connectivity index (χ4v) is 3.42. The van der Waals surface area contributed by atoms with E-state index in [0.717, 1.165) is 13.0 Å². The Kier molecular flexibility index (Phi) is 6.60. The number of esters is 1. The Balaban J connectivity index is 1.66. The highest BCUT2D eigenvalue weighted by atomic mass is 16.5. The molecule has 2 aromatic rings. The van der Waals surface area contributed by atoms with Gasteiger partial charge in [0.15, 0.2) is 5.90 Å². The second-order valence-corrected chi connectivity index (χ2v) is 6.62. The molecule has 2 aromatic carbocycles. The van der Waals surface area contributed by atoms with E-state index in [2.05, 4.69) is 53.4 Å². The molecule has 1 saturated heterocycles. The topological polar surface area (TPSA) is 62.6 Å². The van der Waals surface area contributed by atoms with Gasteiger partial charge in [-0.15, -0.1) is 0 Å². The quantitative estimate of drug-likeness (QED) is 0.438. The first-order valence-corrected chi connectivity index (χ1v) is 9.40. The van der Waals surface area contributed by atoms with E-state index < -0.39 is 5.97 Å². The number of benzene rings is 2. The molecule has 27 heavy (non-hydrogen) atoms. The number of rotatable bonds is 8. The molecule has 1 unspecified atom stereocenters. The molecule has 1 atom stereocenters. The van der Waals surface area contributed by atoms with Crippen molar-refractivity contribution < 1.29 is 14.3 Å². The highest BCUT2D eigenvalue weighted by molar-refractivity contribution is 5.92. The van der Waals surface area contributed by atoms with E-state index in [0.29, 0.717) is 13.2 Å². The minimum absolute atomic E-state index is 0.0422. The van der Waals surface area contributed by atoms with Crippen LogP contribution in [-0.4, -0.2) is 42.6 Å². The number of hydrogen-bond donors (Lipinski definition) is 1. The Bertz CT molecular complexity index is 709. The van der Waals surface area contributed by atoms with Crippen LogP contribution in [0.5, 0.6) is 0 Å². The summed E-state index contributed by atoms with van der Waals surface area (Å²) in [6.45, 7) is 3.48. The van der Waals surface area contributed by atoms with Gasteiger partial charge in [0.05, 0.1) is 12.6 Å². The van der Waals surface area contributed by atoms with Crippen LogP contribution in [-0.2, 0) is 14.3 Å². The normalized spacial score (nSPS) is 16.6. The number of hydrogen-bond acceptors (Lipinski definition) is 5. The molecule has 5 nitrogen and oxygen atoms in total. The third-order valence-electron chi connectivity index (χ3n) is 4.81. The van der Waals surface area contributed by atoms with E-state index >= 15 is 0 Å². The van der Waals surface area contributed by atoms with Gasteiger partial charge in [-0.1, -0.05) is 60.7 Å². The Morgan fingerprint density at radius 2 is 1.67 bits per heavy atom. The molecule has 1 heterocycles. The predicted octanol–water partition coefficient (Wildman–Crippen LogP) is 3.80. The maximum atomic E-state index is 11.9. The zero-order valence-electron chi connectivity index (χ0n) is 15.6. The van der Waals surface area contributed by atoms with Crippen LogP contribution >= 0.6 is 0 Å². The summed E-state index contributed by atoms with van der Waals surface area (Å²) in [7, 11) is 0. The van der Waals surface area contributed by atoms with Crippen molar-refractivity contribution in [1.82, 2.24) is 4.90 Å². The largest absolute Gasteiger partial charge is 0.481 e. The highest BCUT2D eigenvalue weighted by Crippen LogP contribution is 2.35. The number of likely N-dealkylation sites (tertiary alicyclic amines) is 1. The maximum absolute atomic E-state index is 11.9. The fourth-order valence-electron chi connectivity index (χ4n) is 3.42. The van der Waals surface area contributed by atoms with E-state index in [1.54, 1.807) is 6.92 Å². The standard InChI is InChI=1S/C22H26N2O3/c1-2-26-20(23)15-21(25)27-16-19-13-14-24(19)22(17-9-5-3-6-10-17)18-11-7-4-8-12-18/h3-12,19,22-23H,2,13-16H2,1H3. The fraction of sp³-hybridized carbons (Fsp3) is 0.364. The Morgan fingerprint density at radius 3 is 2.15 bits per heavy atom. The molecule has 0 saturated carbocycles. The van der Waals surface area contributed by atoms with Gasteiger partial charge in [-0.2, -0.15) is 0 Å². The lowest BCUT2D eigenvalue weighted by atomic mass is 9.91. The van der Waals surface area contributed by atoms with Gasteiger partial charge in [-0.25, -0.2) is 0 Å². The van der Waals surface area contributed by atoms with Gasteiger partial charge in [0.2, 0.25) is 0 Å². The van der Waals surface area contributed by atoms with Gasteiger partial charge >= 0.3 is 5.97 Å². The molecule has 0 radical (unpaired) electrons. The first-order chi connectivity index (χ1) is 13.2. The van der Waals surface area contributed by atoms with Crippen molar-refractivity contribution in [2.24, 2.45) is 0 Å². The third kappa shape index (κ3) is 4.95. The first-order valence-electron chi connectivity index (χ1n) is 9.40. The molecule has 1 fully saturated rings. The number of carbonyl (C=O) groups is 1. The van der Waals surface area contributed by atoms with Crippen molar-refractivity contribution in [2.75, 3.05) is 19.8 Å². The molecule has 3 rings (SSSR count). The lowest BCUT2D eigenvalue weighted by Gasteiger charge is -2.46. The lowest BCUT2D eigenvalue weighted by molar-refractivity contribution is -0.146. The zero-order chi connectivity index (χ0) is 19.1. The Labute approximate surface area is 160 Å². The van der Waals surface area contributed by atoms with E-state index in [-0.39, 0.29) is 24.4 Å². The summed E-state index contributed by atoms with van der Waals surface area (Å²) in [5.41, 5.74) is 2.47. The van der Waals surface area contributed by atoms with E-state index in [1.165, 1.54) is 11.1 Å². The smallest absolute Gasteiger partial charge is 0.315 e. The summed E-state index contributed by atoms with van der Waals surface area (Å²) in [6.07, 6.45) is 0.883. The molecule has 1 N–H and O–H groups in total. The van der Waals surface area contributed by atoms with Crippen molar-refractivity contribution in [3.8, 4) is 0 Å². The van der Waals surface area contributed by atoms with Crippen LogP contribution in [0, 0.1) is 5.41 Å². The minimum atomic E-state index is -0.406. The van der Waals surface area contributed by atoms with Gasteiger partial charge < -0.3 is 9.47 Å². The van der Waals surface area contributed by atoms with Crippen LogP contribution in [0.4, 0.5) is 0 Å². The average Bonchev–Trinajstić information content (AvgIpc) is 2.66. The van der Waals surface area contributed by atoms with E-state index in [9.17, 15) is 4.79 Å². The maximum Gasteiger partial charge on any atom is 0.315 e. The Morgan fingerprint density at radius 1 is 1.07 bits per heavy atom. The summed E-state index contributed by atoms with van der Waals surface area (Å²) >= 11 is 0.